The van der Waals surface area contributed by atoms with Gasteiger partial charge in [-0.05, 0) is 86.0 Å². The van der Waals surface area contributed by atoms with Crippen molar-refractivity contribution in [3.63, 3.8) is 0 Å². The molecule has 4 aliphatic carbocycles. The number of anilines is 1. The van der Waals surface area contributed by atoms with E-state index in [1.807, 2.05) is 0 Å². The molecule has 0 radical (unpaired) electrons. The predicted molar refractivity (Wildman–Crippen MR) is 106 cm³/mol. The van der Waals surface area contributed by atoms with E-state index in [1.165, 1.54) is 74.6 Å². The minimum Gasteiger partial charge on any atom is -0.355 e. The van der Waals surface area contributed by atoms with E-state index in [0.717, 1.165) is 24.3 Å². The molecule has 4 nitrogen and oxygen atoms in total. The van der Waals surface area contributed by atoms with Crippen molar-refractivity contribution in [2.45, 2.75) is 38.5 Å². The van der Waals surface area contributed by atoms with Crippen molar-refractivity contribution in [3.8, 4) is 0 Å². The molecule has 146 valence electrons. The van der Waals surface area contributed by atoms with Crippen LogP contribution in [-0.2, 0) is 9.59 Å². The summed E-state index contributed by atoms with van der Waals surface area (Å²) in [5.74, 6) is 2.67. The third-order valence-corrected chi connectivity index (χ3v) is 7.35. The molecule has 0 aliphatic heterocycles. The van der Waals surface area contributed by atoms with E-state index in [4.69, 9.17) is 0 Å². The fraction of sp³-hybridized carbons (Fsp3) is 0.619. The van der Waals surface area contributed by atoms with Crippen LogP contribution in [0.5, 0.6) is 0 Å². The maximum atomic E-state index is 12.9. The van der Waals surface area contributed by atoms with Gasteiger partial charge in [0, 0.05) is 12.2 Å². The molecule has 4 aliphatic rings. The first-order valence-corrected chi connectivity index (χ1v) is 11.0. The summed E-state index contributed by atoms with van der Waals surface area (Å²) >= 11 is 1.31. The first-order valence-electron chi connectivity index (χ1n) is 9.90. The van der Waals surface area contributed by atoms with Crippen molar-refractivity contribution >= 4 is 29.3 Å². The normalized spacial score (nSPS) is 30.9. The Morgan fingerprint density at radius 1 is 0.963 bits per heavy atom. The maximum Gasteiger partial charge on any atom is 0.234 e. The van der Waals surface area contributed by atoms with Gasteiger partial charge in [-0.1, -0.05) is 0 Å². The van der Waals surface area contributed by atoms with Crippen molar-refractivity contribution in [3.05, 3.63) is 30.1 Å². The van der Waals surface area contributed by atoms with E-state index in [9.17, 15) is 14.0 Å². The smallest absolute Gasteiger partial charge is 0.234 e. The Balaban J connectivity index is 1.16. The second kappa shape index (κ2) is 7.82. The van der Waals surface area contributed by atoms with Gasteiger partial charge in [0.2, 0.25) is 11.8 Å². The molecule has 1 aromatic carbocycles. The molecule has 2 amide bonds. The first-order chi connectivity index (χ1) is 13.0. The van der Waals surface area contributed by atoms with Crippen molar-refractivity contribution < 1.29 is 14.0 Å². The largest absolute Gasteiger partial charge is 0.355 e. The van der Waals surface area contributed by atoms with E-state index in [0.29, 0.717) is 16.9 Å². The van der Waals surface area contributed by atoms with Crippen LogP contribution in [0.1, 0.15) is 38.5 Å². The Labute approximate surface area is 164 Å². The molecule has 0 heterocycles. The minimum atomic E-state index is -0.335. The third kappa shape index (κ3) is 4.65. The number of nitrogens with one attached hydrogen (secondary N) is 2. The highest BCUT2D eigenvalue weighted by Crippen LogP contribution is 2.59. The van der Waals surface area contributed by atoms with Crippen molar-refractivity contribution in [2.75, 3.05) is 23.4 Å². The lowest BCUT2D eigenvalue weighted by atomic mass is 9.49. The Bertz CT molecular complexity index is 671. The van der Waals surface area contributed by atoms with Crippen LogP contribution in [0.4, 0.5) is 10.1 Å². The standard InChI is InChI=1S/C21H27FN2O2S/c22-17-1-3-18(4-2-17)24-20(26)12-27-11-19(25)23-13-21-8-14-5-15(9-21)7-16(6-14)10-21/h1-4,14-16H,5-13H2,(H,23,25)(H,24,26). The highest BCUT2D eigenvalue weighted by atomic mass is 32.2. The second-order valence-corrected chi connectivity index (χ2v) is 9.73. The van der Waals surface area contributed by atoms with Gasteiger partial charge in [0.25, 0.3) is 0 Å². The van der Waals surface area contributed by atoms with Crippen LogP contribution in [0.2, 0.25) is 0 Å². The number of carbonyl (C=O) groups excluding carboxylic acids is 2. The van der Waals surface area contributed by atoms with Gasteiger partial charge in [0.15, 0.2) is 0 Å². The van der Waals surface area contributed by atoms with Crippen LogP contribution >= 0.6 is 11.8 Å². The monoisotopic (exact) mass is 390 g/mol. The summed E-state index contributed by atoms with van der Waals surface area (Å²) in [6.07, 6.45) is 8.08. The SMILES string of the molecule is O=C(CSCC(=O)Nc1ccc(F)cc1)NCC12CC3CC(CC(C3)C1)C2. The van der Waals surface area contributed by atoms with Crippen LogP contribution in [0.15, 0.2) is 24.3 Å². The first kappa shape index (κ1) is 18.8. The number of rotatable bonds is 7. The van der Waals surface area contributed by atoms with Gasteiger partial charge in [0.1, 0.15) is 5.82 Å². The quantitative estimate of drug-likeness (QED) is 0.744. The molecule has 2 N–H and O–H groups in total. The lowest BCUT2D eigenvalue weighted by Gasteiger charge is -2.56. The Morgan fingerprint density at radius 3 is 2.11 bits per heavy atom. The summed E-state index contributed by atoms with van der Waals surface area (Å²) in [5, 5.41) is 5.84. The van der Waals surface area contributed by atoms with E-state index in [2.05, 4.69) is 10.6 Å². The van der Waals surface area contributed by atoms with Gasteiger partial charge in [-0.25, -0.2) is 4.39 Å². The zero-order valence-corrected chi connectivity index (χ0v) is 16.3. The summed E-state index contributed by atoms with van der Waals surface area (Å²) in [7, 11) is 0. The van der Waals surface area contributed by atoms with Crippen LogP contribution < -0.4 is 10.6 Å². The molecule has 0 atom stereocenters. The molecule has 0 unspecified atom stereocenters. The van der Waals surface area contributed by atoms with E-state index >= 15 is 0 Å². The summed E-state index contributed by atoms with van der Waals surface area (Å²) in [6.45, 7) is 0.803. The number of hydrogen-bond donors (Lipinski definition) is 2. The van der Waals surface area contributed by atoms with Gasteiger partial charge < -0.3 is 10.6 Å². The Kier molecular flexibility index (Phi) is 5.44. The highest BCUT2D eigenvalue weighted by molar-refractivity contribution is 8.00. The van der Waals surface area contributed by atoms with Gasteiger partial charge in [-0.15, -0.1) is 11.8 Å². The van der Waals surface area contributed by atoms with Crippen LogP contribution in [0, 0.1) is 29.0 Å². The predicted octanol–water partition coefficient (Wildman–Crippen LogP) is 3.83. The molecular formula is C21H27FN2O2S. The van der Waals surface area contributed by atoms with Crippen molar-refractivity contribution in [2.24, 2.45) is 23.2 Å². The summed E-state index contributed by atoms with van der Waals surface area (Å²) in [4.78, 5) is 24.1. The molecular weight excluding hydrogens is 363 g/mol. The maximum absolute atomic E-state index is 12.9. The van der Waals surface area contributed by atoms with Gasteiger partial charge in [-0.2, -0.15) is 0 Å². The zero-order chi connectivity index (χ0) is 18.9. The summed E-state index contributed by atoms with van der Waals surface area (Å²) < 4.78 is 12.9. The number of thioether (sulfide) groups is 1. The highest BCUT2D eigenvalue weighted by Gasteiger charge is 2.50. The molecule has 27 heavy (non-hydrogen) atoms. The molecule has 6 heteroatoms. The number of halogens is 1. The minimum absolute atomic E-state index is 0.0188. The zero-order valence-electron chi connectivity index (χ0n) is 15.5. The molecule has 0 spiro atoms. The van der Waals surface area contributed by atoms with E-state index in [-0.39, 0.29) is 23.4 Å². The van der Waals surface area contributed by atoms with Crippen LogP contribution in [0.3, 0.4) is 0 Å². The lowest BCUT2D eigenvalue weighted by Crippen LogP contribution is -2.51. The Morgan fingerprint density at radius 2 is 1.52 bits per heavy atom. The second-order valence-electron chi connectivity index (χ2n) is 8.74. The summed E-state index contributed by atoms with van der Waals surface area (Å²) in [5.41, 5.74) is 0.906. The molecule has 4 fully saturated rings. The van der Waals surface area contributed by atoms with Gasteiger partial charge >= 0.3 is 0 Å². The van der Waals surface area contributed by atoms with Crippen LogP contribution in [0.25, 0.3) is 0 Å². The number of amides is 2. The van der Waals surface area contributed by atoms with Crippen LogP contribution in [-0.4, -0.2) is 29.9 Å². The number of hydrogen-bond acceptors (Lipinski definition) is 3. The number of benzene rings is 1. The fourth-order valence-electron chi connectivity index (χ4n) is 5.81. The molecule has 4 bridgehead atoms. The third-order valence-electron chi connectivity index (χ3n) is 6.42. The molecule has 0 aromatic heterocycles. The molecule has 4 saturated carbocycles. The topological polar surface area (TPSA) is 58.2 Å². The molecule has 0 saturated heterocycles. The van der Waals surface area contributed by atoms with Gasteiger partial charge in [0.05, 0.1) is 11.5 Å². The fourth-order valence-corrected chi connectivity index (χ4v) is 6.46. The van der Waals surface area contributed by atoms with E-state index < -0.39 is 0 Å². The Hall–Kier alpha value is -1.56. The van der Waals surface area contributed by atoms with Gasteiger partial charge in [-0.3, -0.25) is 9.59 Å². The summed E-state index contributed by atoms with van der Waals surface area (Å²) in [6, 6.07) is 5.66. The van der Waals surface area contributed by atoms with Crippen molar-refractivity contribution in [1.82, 2.24) is 5.32 Å². The van der Waals surface area contributed by atoms with E-state index in [1.54, 1.807) is 0 Å². The molecule has 5 rings (SSSR count). The lowest BCUT2D eigenvalue weighted by molar-refractivity contribution is -0.120. The molecule has 1 aromatic rings. The average Bonchev–Trinajstić information content (AvgIpc) is 2.61. The van der Waals surface area contributed by atoms with Crippen molar-refractivity contribution in [1.29, 1.82) is 0 Å². The number of carbonyl (C=O) groups is 2. The average molecular weight is 391 g/mol.